The van der Waals surface area contributed by atoms with Gasteiger partial charge in [0.1, 0.15) is 17.9 Å². The number of imidazole rings is 1. The molecule has 3 amide bonds. The van der Waals surface area contributed by atoms with E-state index in [1.807, 2.05) is 44.2 Å². The molecule has 0 aliphatic rings. The second-order valence-electron chi connectivity index (χ2n) is 8.75. The van der Waals surface area contributed by atoms with Gasteiger partial charge in [-0.25, -0.2) is 9.78 Å². The fourth-order valence-electron chi connectivity index (χ4n) is 4.20. The Morgan fingerprint density at radius 1 is 1.13 bits per heavy atom. The minimum atomic E-state index is -0.629. The van der Waals surface area contributed by atoms with Crippen molar-refractivity contribution in [2.75, 3.05) is 19.0 Å². The molecule has 4 aromatic rings. The Morgan fingerprint density at radius 2 is 1.90 bits per heavy atom. The number of aromatic nitrogens is 4. The van der Waals surface area contributed by atoms with Gasteiger partial charge in [-0.05, 0) is 38.0 Å². The number of hydrogen-bond acceptors (Lipinski definition) is 7. The van der Waals surface area contributed by atoms with Crippen LogP contribution in [0.4, 0.5) is 10.7 Å². The van der Waals surface area contributed by atoms with Crippen LogP contribution in [0.1, 0.15) is 45.3 Å². The second-order valence-corrected chi connectivity index (χ2v) is 8.75. The summed E-state index contributed by atoms with van der Waals surface area (Å²) in [5, 5.41) is 9.83. The number of aryl methyl sites for hydroxylation is 2. The summed E-state index contributed by atoms with van der Waals surface area (Å²) in [6, 6.07) is 12.5. The molecule has 0 saturated heterocycles. The summed E-state index contributed by atoms with van der Waals surface area (Å²) in [5.41, 5.74) is 8.75. The van der Waals surface area contributed by atoms with E-state index in [9.17, 15) is 14.4 Å². The molecule has 0 atom stereocenters. The average Bonchev–Trinajstić information content (AvgIpc) is 3.49. The molecule has 4 N–H and O–H groups in total. The van der Waals surface area contributed by atoms with Crippen molar-refractivity contribution in [1.82, 2.24) is 24.6 Å². The number of amides is 3. The second kappa shape index (κ2) is 12.1. The number of primary amides is 1. The molecule has 0 fully saturated rings. The third-order valence-corrected chi connectivity index (χ3v) is 6.22. The summed E-state index contributed by atoms with van der Waals surface area (Å²) in [6.07, 6.45) is 1.47. The summed E-state index contributed by atoms with van der Waals surface area (Å²) in [5.74, 6) is -0.374. The monoisotopic (exact) mass is 533 g/mol. The number of nitrogens with one attached hydrogen (secondary N) is 2. The highest BCUT2D eigenvalue weighted by Crippen LogP contribution is 2.31. The van der Waals surface area contributed by atoms with Crippen LogP contribution in [0.25, 0.3) is 11.0 Å². The van der Waals surface area contributed by atoms with Crippen LogP contribution in [0, 0.1) is 6.92 Å². The lowest BCUT2D eigenvalue weighted by Crippen LogP contribution is -2.26. The summed E-state index contributed by atoms with van der Waals surface area (Å²) in [6.45, 7) is 5.23. The fourth-order valence-corrected chi connectivity index (χ4v) is 4.20. The first kappa shape index (κ1) is 27.2. The van der Waals surface area contributed by atoms with Crippen molar-refractivity contribution in [3.63, 3.8) is 0 Å². The number of rotatable bonds is 11. The van der Waals surface area contributed by atoms with Crippen molar-refractivity contribution in [1.29, 1.82) is 0 Å². The number of alkyl carbamates (subject to hydrolysis) is 1. The van der Waals surface area contributed by atoms with E-state index in [4.69, 9.17) is 15.2 Å². The molecule has 39 heavy (non-hydrogen) atoms. The molecular weight excluding hydrogens is 502 g/mol. The Labute approximate surface area is 225 Å². The number of fused-ring (bicyclic) bond motifs is 1. The van der Waals surface area contributed by atoms with Gasteiger partial charge in [0.25, 0.3) is 5.91 Å². The van der Waals surface area contributed by atoms with Gasteiger partial charge in [-0.1, -0.05) is 30.3 Å². The molecule has 0 spiro atoms. The van der Waals surface area contributed by atoms with E-state index in [1.165, 1.54) is 19.4 Å². The van der Waals surface area contributed by atoms with E-state index >= 15 is 0 Å². The van der Waals surface area contributed by atoms with Gasteiger partial charge in [0, 0.05) is 30.9 Å². The number of methoxy groups -OCH3 is 1. The normalized spacial score (nSPS) is 10.8. The number of ether oxygens (including phenoxy) is 2. The summed E-state index contributed by atoms with van der Waals surface area (Å²) >= 11 is 0. The number of carbonyl (C=O) groups is 3. The van der Waals surface area contributed by atoms with Crippen molar-refractivity contribution in [3.05, 3.63) is 71.0 Å². The van der Waals surface area contributed by atoms with E-state index in [-0.39, 0.29) is 24.0 Å². The average molecular weight is 534 g/mol. The zero-order chi connectivity index (χ0) is 27.9. The Kier molecular flexibility index (Phi) is 8.44. The van der Waals surface area contributed by atoms with Crippen LogP contribution >= 0.6 is 0 Å². The number of benzene rings is 2. The van der Waals surface area contributed by atoms with Crippen molar-refractivity contribution in [2.45, 2.75) is 40.0 Å². The molecule has 0 aliphatic carbocycles. The largest absolute Gasteiger partial charge is 0.494 e. The Balaban J connectivity index is 1.53. The van der Waals surface area contributed by atoms with Gasteiger partial charge in [-0.2, -0.15) is 5.10 Å². The van der Waals surface area contributed by atoms with E-state index < -0.39 is 12.0 Å². The lowest BCUT2D eigenvalue weighted by atomic mass is 10.1. The van der Waals surface area contributed by atoms with Crippen molar-refractivity contribution >= 4 is 34.9 Å². The van der Waals surface area contributed by atoms with Crippen molar-refractivity contribution in [2.24, 2.45) is 5.73 Å². The Morgan fingerprint density at radius 3 is 2.56 bits per heavy atom. The molecule has 2 heterocycles. The molecular formula is C27H31N7O5. The van der Waals surface area contributed by atoms with Crippen LogP contribution in [0.15, 0.2) is 48.7 Å². The highest BCUT2D eigenvalue weighted by Gasteiger charge is 2.21. The van der Waals surface area contributed by atoms with Crippen LogP contribution in [0.3, 0.4) is 0 Å². The maximum atomic E-state index is 13.1. The predicted octanol–water partition coefficient (Wildman–Crippen LogP) is 3.24. The van der Waals surface area contributed by atoms with Gasteiger partial charge < -0.3 is 25.1 Å². The van der Waals surface area contributed by atoms with Gasteiger partial charge in [0.15, 0.2) is 0 Å². The molecule has 0 bridgehead atoms. The Hall–Kier alpha value is -4.87. The number of nitrogens with two attached hydrogens (primary N) is 1. The molecule has 2 aromatic carbocycles. The van der Waals surface area contributed by atoms with E-state index in [2.05, 4.69) is 20.7 Å². The number of anilines is 1. The molecule has 4 rings (SSSR count). The summed E-state index contributed by atoms with van der Waals surface area (Å²) < 4.78 is 14.3. The van der Waals surface area contributed by atoms with Crippen LogP contribution in [-0.2, 0) is 24.4 Å². The highest BCUT2D eigenvalue weighted by molar-refractivity contribution is 6.05. The van der Waals surface area contributed by atoms with E-state index in [0.717, 1.165) is 11.3 Å². The van der Waals surface area contributed by atoms with Crippen LogP contribution < -0.4 is 21.1 Å². The zero-order valence-electron chi connectivity index (χ0n) is 22.1. The lowest BCUT2D eigenvalue weighted by Gasteiger charge is -2.13. The maximum Gasteiger partial charge on any atom is 0.407 e. The fraction of sp³-hybridized carbons (Fsp3) is 0.296. The maximum absolute atomic E-state index is 13.1. The number of nitrogens with zero attached hydrogens (tertiary/aromatic N) is 4. The molecule has 0 radical (unpaired) electrons. The zero-order valence-corrected chi connectivity index (χ0v) is 22.1. The van der Waals surface area contributed by atoms with Crippen molar-refractivity contribution in [3.8, 4) is 5.75 Å². The van der Waals surface area contributed by atoms with E-state index in [1.54, 1.807) is 15.3 Å². The quantitative estimate of drug-likeness (QED) is 0.250. The highest BCUT2D eigenvalue weighted by atomic mass is 16.5. The smallest absolute Gasteiger partial charge is 0.407 e. The molecule has 2 aromatic heterocycles. The molecule has 0 saturated carbocycles. The van der Waals surface area contributed by atoms with Gasteiger partial charge in [-0.3, -0.25) is 19.6 Å². The topological polar surface area (TPSA) is 155 Å². The molecule has 0 aliphatic heterocycles. The SMILES string of the molecule is CCn1ncc(C(=O)Nc2nc3cc(C(N)=O)cc(OC)c3n2CCCNC(=O)OCc2ccccc2)c1C. The number of carbonyl (C=O) groups excluding carboxylic acids is 3. The first-order valence-corrected chi connectivity index (χ1v) is 12.5. The van der Waals surface area contributed by atoms with Crippen LogP contribution in [0.2, 0.25) is 0 Å². The minimum Gasteiger partial charge on any atom is -0.494 e. The predicted molar refractivity (Wildman–Crippen MR) is 145 cm³/mol. The standard InChI is InChI=1S/C27H31N7O5/c1-4-34-17(2)20(15-30-34)25(36)32-26-31-21-13-19(24(28)35)14-22(38-3)23(21)33(26)12-8-11-29-27(37)39-16-18-9-6-5-7-10-18/h5-7,9-10,13-15H,4,8,11-12,16H2,1-3H3,(H2,28,35)(H,29,37)(H,31,32,36). The van der Waals surface area contributed by atoms with Gasteiger partial charge in [0.2, 0.25) is 11.9 Å². The van der Waals surface area contributed by atoms with E-state index in [0.29, 0.717) is 48.4 Å². The lowest BCUT2D eigenvalue weighted by molar-refractivity contribution is 0.0997. The van der Waals surface area contributed by atoms with Crippen LogP contribution in [-0.4, -0.2) is 50.9 Å². The van der Waals surface area contributed by atoms with Gasteiger partial charge >= 0.3 is 6.09 Å². The van der Waals surface area contributed by atoms with Gasteiger partial charge in [-0.15, -0.1) is 0 Å². The van der Waals surface area contributed by atoms with Crippen LogP contribution in [0.5, 0.6) is 5.75 Å². The summed E-state index contributed by atoms with van der Waals surface area (Å²) in [4.78, 5) is 41.7. The molecule has 12 heteroatoms. The molecule has 0 unspecified atom stereocenters. The third kappa shape index (κ3) is 6.17. The first-order chi connectivity index (χ1) is 18.8. The molecule has 12 nitrogen and oxygen atoms in total. The summed E-state index contributed by atoms with van der Waals surface area (Å²) in [7, 11) is 1.47. The van der Waals surface area contributed by atoms with Crippen molar-refractivity contribution < 1.29 is 23.9 Å². The van der Waals surface area contributed by atoms with Gasteiger partial charge in [0.05, 0.1) is 24.4 Å². The Bertz CT molecular complexity index is 1490. The minimum absolute atomic E-state index is 0.169. The third-order valence-electron chi connectivity index (χ3n) is 6.22. The number of hydrogen-bond donors (Lipinski definition) is 3. The first-order valence-electron chi connectivity index (χ1n) is 12.5. The molecule has 204 valence electrons.